The molecule has 8 aliphatic heterocycles. The van der Waals surface area contributed by atoms with Gasteiger partial charge in [-0.2, -0.15) is 0 Å². The number of benzene rings is 14. The second kappa shape index (κ2) is 20.6. The van der Waals surface area contributed by atoms with Crippen LogP contribution in [0.15, 0.2) is 323 Å². The second-order valence-corrected chi connectivity index (χ2v) is 30.9. The largest absolute Gasteiger partial charge is 0.311 e. The summed E-state index contributed by atoms with van der Waals surface area (Å²) in [5, 5.41) is 0. The quantitative estimate of drug-likeness (QED) is 0.145. The van der Waals surface area contributed by atoms with Crippen LogP contribution in [0.5, 0.6) is 0 Å². The SMILES string of the molecule is CC1(C)c2ccccc2N2c3cc(N(c4ccccc4)c4ccccc4)cc4c3B(c3cccc1c32)c1cc(-c2cccc(N(c3ccccc3)c3cc5c6c(c3)N3c7ccccc7Sc7cccc(c73)B6c3cccc6c3N5c3ccccc3S6)c2)cc2c1N4c1ccccc1C2(C)C. The van der Waals surface area contributed by atoms with Gasteiger partial charge in [0.15, 0.2) is 0 Å². The van der Waals surface area contributed by atoms with Crippen molar-refractivity contribution >= 4 is 172 Å². The maximum atomic E-state index is 2.67. The van der Waals surface area contributed by atoms with Gasteiger partial charge in [-0.1, -0.05) is 227 Å². The van der Waals surface area contributed by atoms with Gasteiger partial charge in [0.1, 0.15) is 0 Å². The zero-order valence-electron chi connectivity index (χ0n) is 55.5. The van der Waals surface area contributed by atoms with Gasteiger partial charge in [-0.3, -0.25) is 0 Å². The molecule has 10 heteroatoms. The zero-order valence-corrected chi connectivity index (χ0v) is 57.2. The van der Waals surface area contributed by atoms with E-state index in [-0.39, 0.29) is 18.8 Å². The van der Waals surface area contributed by atoms with Crippen molar-refractivity contribution in [1.29, 1.82) is 0 Å². The molecule has 14 aromatic carbocycles. The molecule has 0 bridgehead atoms. The van der Waals surface area contributed by atoms with Crippen molar-refractivity contribution in [2.45, 2.75) is 58.1 Å². The first-order chi connectivity index (χ1) is 49.2. The highest BCUT2D eigenvalue weighted by molar-refractivity contribution is 8.00. The molecule has 8 heterocycles. The van der Waals surface area contributed by atoms with Crippen LogP contribution in [0.25, 0.3) is 11.1 Å². The van der Waals surface area contributed by atoms with Crippen LogP contribution in [0, 0.1) is 0 Å². The summed E-state index contributed by atoms with van der Waals surface area (Å²) in [6.45, 7) is 9.67. The van der Waals surface area contributed by atoms with E-state index in [2.05, 4.69) is 360 Å². The van der Waals surface area contributed by atoms with Crippen LogP contribution in [-0.4, -0.2) is 13.4 Å². The third-order valence-electron chi connectivity index (χ3n) is 22.8. The Morgan fingerprint density at radius 2 is 0.610 bits per heavy atom. The van der Waals surface area contributed by atoms with Crippen LogP contribution < -0.4 is 62.2 Å². The predicted molar refractivity (Wildman–Crippen MR) is 422 cm³/mol. The van der Waals surface area contributed by atoms with E-state index in [1.165, 1.54) is 148 Å². The van der Waals surface area contributed by atoms with Gasteiger partial charge in [0.05, 0.1) is 45.5 Å². The highest BCUT2D eigenvalue weighted by Gasteiger charge is 2.53. The van der Waals surface area contributed by atoms with Gasteiger partial charge >= 0.3 is 0 Å². The molecule has 8 aliphatic rings. The summed E-state index contributed by atoms with van der Waals surface area (Å²) in [7, 11) is 0. The summed E-state index contributed by atoms with van der Waals surface area (Å²) >= 11 is 3.79. The highest BCUT2D eigenvalue weighted by atomic mass is 32.2. The number of rotatable bonds is 7. The lowest BCUT2D eigenvalue weighted by molar-refractivity contribution is 0.632. The molecule has 470 valence electrons. The molecule has 6 nitrogen and oxygen atoms in total. The van der Waals surface area contributed by atoms with Crippen molar-refractivity contribution in [1.82, 2.24) is 0 Å². The maximum Gasteiger partial charge on any atom is 0.252 e. The van der Waals surface area contributed by atoms with Gasteiger partial charge in [0.2, 0.25) is 0 Å². The average molecular weight is 1310 g/mol. The minimum absolute atomic E-state index is 0.0122. The van der Waals surface area contributed by atoms with Crippen molar-refractivity contribution in [2.24, 2.45) is 0 Å². The summed E-state index contributed by atoms with van der Waals surface area (Å²) in [5.41, 5.74) is 36.3. The van der Waals surface area contributed by atoms with Crippen molar-refractivity contribution in [2.75, 3.05) is 29.4 Å². The average Bonchev–Trinajstić information content (AvgIpc) is 0.674. The van der Waals surface area contributed by atoms with Crippen LogP contribution in [0.2, 0.25) is 0 Å². The van der Waals surface area contributed by atoms with E-state index < -0.39 is 5.41 Å². The molecule has 0 saturated carbocycles. The number of hydrogen-bond acceptors (Lipinski definition) is 8. The normalized spacial score (nSPS) is 15.2. The molecular weight excluding hydrogens is 1250 g/mol. The minimum atomic E-state index is -0.396. The van der Waals surface area contributed by atoms with Gasteiger partial charge in [-0.25, -0.2) is 0 Å². The van der Waals surface area contributed by atoms with Crippen molar-refractivity contribution in [3.05, 3.63) is 326 Å². The molecule has 100 heavy (non-hydrogen) atoms. The predicted octanol–water partition coefficient (Wildman–Crippen LogP) is 20.7. The molecule has 0 atom stereocenters. The molecule has 0 aromatic heterocycles. The molecule has 0 N–H and O–H groups in total. The van der Waals surface area contributed by atoms with Gasteiger partial charge < -0.3 is 29.4 Å². The van der Waals surface area contributed by atoms with E-state index in [0.717, 1.165) is 39.7 Å². The Labute approximate surface area is 592 Å². The van der Waals surface area contributed by atoms with Crippen molar-refractivity contribution in [3.8, 4) is 11.1 Å². The van der Waals surface area contributed by atoms with Crippen molar-refractivity contribution in [3.63, 3.8) is 0 Å². The summed E-state index contributed by atoms with van der Waals surface area (Å²) in [4.78, 5) is 20.6. The molecule has 22 rings (SSSR count). The minimum Gasteiger partial charge on any atom is -0.311 e. The molecule has 14 aromatic rings. The summed E-state index contributed by atoms with van der Waals surface area (Å²) in [6, 6.07) is 115. The van der Waals surface area contributed by atoms with E-state index in [4.69, 9.17) is 0 Å². The molecule has 0 spiro atoms. The molecule has 0 saturated heterocycles. The summed E-state index contributed by atoms with van der Waals surface area (Å²) in [5.74, 6) is 0. The number of para-hydroxylation sites is 10. The van der Waals surface area contributed by atoms with Gasteiger partial charge in [0.25, 0.3) is 13.4 Å². The second-order valence-electron chi connectivity index (χ2n) is 28.7. The van der Waals surface area contributed by atoms with E-state index in [1.54, 1.807) is 0 Å². The number of anilines is 18. The Balaban J connectivity index is 0.788. The number of nitrogens with zero attached hydrogens (tertiary/aromatic N) is 6. The van der Waals surface area contributed by atoms with Gasteiger partial charge in [-0.05, 0) is 194 Å². The lowest BCUT2D eigenvalue weighted by Gasteiger charge is -2.52. The first-order valence-corrected chi connectivity index (χ1v) is 36.5. The molecule has 0 amide bonds. The fourth-order valence-electron chi connectivity index (χ4n) is 18.6. The summed E-state index contributed by atoms with van der Waals surface area (Å²) in [6.07, 6.45) is 0. The monoisotopic (exact) mass is 1310 g/mol. The van der Waals surface area contributed by atoms with E-state index in [1.807, 2.05) is 23.5 Å². The highest BCUT2D eigenvalue weighted by Crippen LogP contribution is 2.61. The Bertz CT molecular complexity index is 5710. The van der Waals surface area contributed by atoms with Crippen LogP contribution in [0.1, 0.15) is 49.9 Å². The molecule has 0 unspecified atom stereocenters. The zero-order chi connectivity index (χ0) is 66.0. The third kappa shape index (κ3) is 7.64. The summed E-state index contributed by atoms with van der Waals surface area (Å²) < 4.78 is 0. The Kier molecular flexibility index (Phi) is 11.7. The van der Waals surface area contributed by atoms with Gasteiger partial charge in [-0.15, -0.1) is 0 Å². The number of fused-ring (bicyclic) bond motifs is 16. The standard InChI is InChI=1S/C90H62B2N6S2/c1-89(2)63-34-14-16-40-71(63)95-75-51-61(93(57-27-8-5-9-28-57)58-29-10-6-11-30-58)52-76-84(75)92(67-37-23-36-65(89)85(67)95)70-50-56(49-66-86(70)96(76)72-41-17-15-35-64(72)90(66,3)4)55-26-22-33-60(48-55)94(59-31-12-7-13-32-59)62-53-77-83-78(54-62)98-74-43-19-21-45-80(74)100-82-47-25-39-69(88(82)98)91(83)68-38-24-46-81-87(68)97(77)73-42-18-20-44-79(73)99-81/h5-54H,1-4H3. The first kappa shape index (κ1) is 56.7. The first-order valence-electron chi connectivity index (χ1n) is 34.9. The lowest BCUT2D eigenvalue weighted by Crippen LogP contribution is -2.63. The van der Waals surface area contributed by atoms with E-state index in [0.29, 0.717) is 0 Å². The topological polar surface area (TPSA) is 19.4 Å². The fourth-order valence-corrected chi connectivity index (χ4v) is 20.8. The Morgan fingerprint density at radius 1 is 0.250 bits per heavy atom. The number of hydrogen-bond donors (Lipinski definition) is 0. The van der Waals surface area contributed by atoms with Crippen molar-refractivity contribution < 1.29 is 0 Å². The maximum absolute atomic E-state index is 2.67. The smallest absolute Gasteiger partial charge is 0.252 e. The Morgan fingerprint density at radius 3 is 1.12 bits per heavy atom. The third-order valence-corrected chi connectivity index (χ3v) is 25.1. The van der Waals surface area contributed by atoms with Crippen LogP contribution in [-0.2, 0) is 10.8 Å². The van der Waals surface area contributed by atoms with E-state index in [9.17, 15) is 0 Å². The van der Waals surface area contributed by atoms with E-state index >= 15 is 0 Å². The molecule has 0 radical (unpaired) electrons. The molecule has 0 aliphatic carbocycles. The molecule has 0 fully saturated rings. The lowest BCUT2D eigenvalue weighted by atomic mass is 9.32. The molecular formula is C90H62B2N6S2. The van der Waals surface area contributed by atoms with Crippen LogP contribution in [0.3, 0.4) is 0 Å². The fraction of sp³-hybridized carbons (Fsp3) is 0.0667. The van der Waals surface area contributed by atoms with Crippen LogP contribution in [0.4, 0.5) is 102 Å². The van der Waals surface area contributed by atoms with Gasteiger partial charge in [0, 0.05) is 87.3 Å². The van der Waals surface area contributed by atoms with Crippen LogP contribution >= 0.6 is 23.5 Å². The Hall–Kier alpha value is -11.3.